The summed E-state index contributed by atoms with van der Waals surface area (Å²) in [5.41, 5.74) is 1.20. The van der Waals surface area contributed by atoms with E-state index in [2.05, 4.69) is 30.6 Å². The molecule has 2 aromatic heterocycles. The molecule has 0 aromatic carbocycles. The lowest BCUT2D eigenvalue weighted by Crippen LogP contribution is -2.18. The van der Waals surface area contributed by atoms with Gasteiger partial charge in [0.15, 0.2) is 11.5 Å². The number of nitrogens with zero attached hydrogens (tertiary/aromatic N) is 3. The van der Waals surface area contributed by atoms with Crippen molar-refractivity contribution in [1.29, 1.82) is 0 Å². The summed E-state index contributed by atoms with van der Waals surface area (Å²) in [6, 6.07) is 0. The van der Waals surface area contributed by atoms with Gasteiger partial charge in [0.1, 0.15) is 12.1 Å². The summed E-state index contributed by atoms with van der Waals surface area (Å²) in [6.07, 6.45) is 1.53. The van der Waals surface area contributed by atoms with Crippen LogP contribution in [0.15, 0.2) is 6.33 Å². The van der Waals surface area contributed by atoms with Gasteiger partial charge in [0.2, 0.25) is 5.95 Å². The van der Waals surface area contributed by atoms with Crippen molar-refractivity contribution < 1.29 is 9.53 Å². The first kappa shape index (κ1) is 13.1. The predicted octanol–water partition coefficient (Wildman–Crippen LogP) is 0.760. The number of ether oxygens (including phenoxy) is 1. The SMILES string of the molecule is CCNc1nc(NCC(=O)OCC)c2[nH]cnc2n1. The van der Waals surface area contributed by atoms with Crippen molar-refractivity contribution in [3.05, 3.63) is 6.33 Å². The van der Waals surface area contributed by atoms with Crippen LogP contribution in [0, 0.1) is 0 Å². The minimum atomic E-state index is -0.334. The molecule has 0 saturated heterocycles. The van der Waals surface area contributed by atoms with E-state index in [-0.39, 0.29) is 12.5 Å². The summed E-state index contributed by atoms with van der Waals surface area (Å²) < 4.78 is 4.85. The minimum Gasteiger partial charge on any atom is -0.465 e. The molecule has 0 saturated carbocycles. The van der Waals surface area contributed by atoms with E-state index in [1.54, 1.807) is 6.92 Å². The van der Waals surface area contributed by atoms with Crippen LogP contribution in [-0.2, 0) is 9.53 Å². The standard InChI is InChI=1S/C11H16N6O2/c1-3-12-11-16-9(13-5-7(18)19-4-2)8-10(17-11)15-6-14-8/h6H,3-5H2,1-2H3,(H3,12,13,14,15,16,17). The molecule has 19 heavy (non-hydrogen) atoms. The fourth-order valence-electron chi connectivity index (χ4n) is 1.57. The Kier molecular flexibility index (Phi) is 4.11. The molecule has 0 radical (unpaired) electrons. The van der Waals surface area contributed by atoms with Gasteiger partial charge < -0.3 is 20.4 Å². The molecule has 2 heterocycles. The van der Waals surface area contributed by atoms with Gasteiger partial charge in [-0.05, 0) is 13.8 Å². The first-order valence-corrected chi connectivity index (χ1v) is 6.09. The Morgan fingerprint density at radius 3 is 2.95 bits per heavy atom. The molecular weight excluding hydrogens is 248 g/mol. The number of hydrogen-bond acceptors (Lipinski definition) is 7. The van der Waals surface area contributed by atoms with Gasteiger partial charge in [-0.15, -0.1) is 0 Å². The van der Waals surface area contributed by atoms with Gasteiger partial charge in [-0.3, -0.25) is 4.79 Å². The summed E-state index contributed by atoms with van der Waals surface area (Å²) in [4.78, 5) is 26.9. The lowest BCUT2D eigenvalue weighted by atomic mass is 10.4. The van der Waals surface area contributed by atoms with Crippen LogP contribution in [0.5, 0.6) is 0 Å². The molecule has 0 aliphatic carbocycles. The van der Waals surface area contributed by atoms with E-state index in [4.69, 9.17) is 4.74 Å². The maximum absolute atomic E-state index is 11.3. The molecule has 8 heteroatoms. The number of H-pyrrole nitrogens is 1. The molecule has 2 rings (SSSR count). The normalized spacial score (nSPS) is 10.4. The van der Waals surface area contributed by atoms with E-state index < -0.39 is 0 Å². The zero-order valence-electron chi connectivity index (χ0n) is 10.9. The highest BCUT2D eigenvalue weighted by Gasteiger charge is 2.11. The first-order chi connectivity index (χ1) is 9.24. The number of anilines is 2. The average molecular weight is 264 g/mol. The van der Waals surface area contributed by atoms with Crippen molar-refractivity contribution in [3.8, 4) is 0 Å². The van der Waals surface area contributed by atoms with E-state index in [0.29, 0.717) is 36.1 Å². The number of nitrogens with one attached hydrogen (secondary N) is 3. The molecule has 102 valence electrons. The highest BCUT2D eigenvalue weighted by Crippen LogP contribution is 2.18. The van der Waals surface area contributed by atoms with Crippen LogP contribution in [0.3, 0.4) is 0 Å². The number of imidazole rings is 1. The number of esters is 1. The van der Waals surface area contributed by atoms with Crippen LogP contribution in [0.25, 0.3) is 11.2 Å². The zero-order valence-corrected chi connectivity index (χ0v) is 10.9. The third-order valence-electron chi connectivity index (χ3n) is 2.33. The quantitative estimate of drug-likeness (QED) is 0.661. The van der Waals surface area contributed by atoms with Gasteiger partial charge in [0.05, 0.1) is 12.9 Å². The Morgan fingerprint density at radius 2 is 2.21 bits per heavy atom. The van der Waals surface area contributed by atoms with Gasteiger partial charge in [-0.2, -0.15) is 9.97 Å². The molecule has 3 N–H and O–H groups in total. The number of aromatic nitrogens is 4. The highest BCUT2D eigenvalue weighted by atomic mass is 16.5. The van der Waals surface area contributed by atoms with Crippen LogP contribution in [0.1, 0.15) is 13.8 Å². The van der Waals surface area contributed by atoms with E-state index in [1.807, 2.05) is 6.92 Å². The maximum Gasteiger partial charge on any atom is 0.325 e. The third kappa shape index (κ3) is 3.09. The van der Waals surface area contributed by atoms with Gasteiger partial charge in [0, 0.05) is 6.54 Å². The lowest BCUT2D eigenvalue weighted by molar-refractivity contribution is -0.140. The van der Waals surface area contributed by atoms with Gasteiger partial charge in [0.25, 0.3) is 0 Å². The summed E-state index contributed by atoms with van der Waals surface area (Å²) >= 11 is 0. The molecule has 0 bridgehead atoms. The van der Waals surface area contributed by atoms with Crippen LogP contribution < -0.4 is 10.6 Å². The first-order valence-electron chi connectivity index (χ1n) is 6.09. The molecule has 0 spiro atoms. The summed E-state index contributed by atoms with van der Waals surface area (Å²) in [5, 5.41) is 5.93. The third-order valence-corrected chi connectivity index (χ3v) is 2.33. The maximum atomic E-state index is 11.3. The largest absolute Gasteiger partial charge is 0.465 e. The Bertz CT molecular complexity index is 567. The fourth-order valence-corrected chi connectivity index (χ4v) is 1.57. The Morgan fingerprint density at radius 1 is 1.37 bits per heavy atom. The molecule has 2 aromatic rings. The lowest BCUT2D eigenvalue weighted by Gasteiger charge is -2.08. The minimum absolute atomic E-state index is 0.0462. The summed E-state index contributed by atoms with van der Waals surface area (Å²) in [6.45, 7) is 4.81. The summed E-state index contributed by atoms with van der Waals surface area (Å²) in [7, 11) is 0. The van der Waals surface area contributed by atoms with Crippen molar-refractivity contribution in [2.45, 2.75) is 13.8 Å². The Balaban J connectivity index is 2.19. The molecule has 0 amide bonds. The molecule has 0 aliphatic rings. The number of hydrogen-bond donors (Lipinski definition) is 3. The molecule has 8 nitrogen and oxygen atoms in total. The summed E-state index contributed by atoms with van der Waals surface area (Å²) in [5.74, 6) is 0.652. The van der Waals surface area contributed by atoms with E-state index in [9.17, 15) is 4.79 Å². The van der Waals surface area contributed by atoms with Crippen molar-refractivity contribution in [3.63, 3.8) is 0 Å². The second kappa shape index (κ2) is 5.98. The second-order valence-electron chi connectivity index (χ2n) is 3.69. The van der Waals surface area contributed by atoms with Crippen molar-refractivity contribution in [1.82, 2.24) is 19.9 Å². The number of fused-ring (bicyclic) bond motifs is 1. The number of carbonyl (C=O) groups excluding carboxylic acids is 1. The number of rotatable bonds is 6. The topological polar surface area (TPSA) is 105 Å². The van der Waals surface area contributed by atoms with Crippen LogP contribution in [0.4, 0.5) is 11.8 Å². The van der Waals surface area contributed by atoms with Crippen molar-refractivity contribution in [2.75, 3.05) is 30.3 Å². The smallest absolute Gasteiger partial charge is 0.325 e. The van der Waals surface area contributed by atoms with E-state index in [0.717, 1.165) is 0 Å². The van der Waals surface area contributed by atoms with Gasteiger partial charge >= 0.3 is 5.97 Å². The van der Waals surface area contributed by atoms with E-state index in [1.165, 1.54) is 6.33 Å². The fraction of sp³-hybridized carbons (Fsp3) is 0.455. The monoisotopic (exact) mass is 264 g/mol. The van der Waals surface area contributed by atoms with Gasteiger partial charge in [-0.1, -0.05) is 0 Å². The molecule has 0 aliphatic heterocycles. The van der Waals surface area contributed by atoms with Crippen molar-refractivity contribution in [2.24, 2.45) is 0 Å². The zero-order chi connectivity index (χ0) is 13.7. The van der Waals surface area contributed by atoms with Crippen LogP contribution >= 0.6 is 0 Å². The molecule has 0 fully saturated rings. The highest BCUT2D eigenvalue weighted by molar-refractivity contribution is 5.85. The van der Waals surface area contributed by atoms with Crippen LogP contribution in [0.2, 0.25) is 0 Å². The van der Waals surface area contributed by atoms with E-state index >= 15 is 0 Å². The predicted molar refractivity (Wildman–Crippen MR) is 71.0 cm³/mol. The van der Waals surface area contributed by atoms with Crippen LogP contribution in [-0.4, -0.2) is 45.6 Å². The Labute approximate surface area is 110 Å². The second-order valence-corrected chi connectivity index (χ2v) is 3.69. The number of aromatic amines is 1. The molecule has 0 unspecified atom stereocenters. The van der Waals surface area contributed by atoms with Crippen molar-refractivity contribution >= 4 is 28.9 Å². The molecular formula is C11H16N6O2. The van der Waals surface area contributed by atoms with Gasteiger partial charge in [-0.25, -0.2) is 4.98 Å². The average Bonchev–Trinajstić information content (AvgIpc) is 2.85. The Hall–Kier alpha value is -2.38. The number of carbonyl (C=O) groups is 1. The molecule has 0 atom stereocenters.